The lowest BCUT2D eigenvalue weighted by atomic mass is 10.1. The molecule has 2 saturated carbocycles. The van der Waals surface area contributed by atoms with Crippen molar-refractivity contribution in [3.63, 3.8) is 0 Å². The second-order valence-electron chi connectivity index (χ2n) is 5.89. The minimum atomic E-state index is -0.184. The first-order valence-electron chi connectivity index (χ1n) is 7.37. The van der Waals surface area contributed by atoms with E-state index in [4.69, 9.17) is 0 Å². The summed E-state index contributed by atoms with van der Waals surface area (Å²) in [6.45, 7) is 0.705. The first-order chi connectivity index (χ1) is 9.79. The van der Waals surface area contributed by atoms with Gasteiger partial charge in [0.05, 0.1) is 11.4 Å². The molecule has 1 N–H and O–H groups in total. The zero-order chi connectivity index (χ0) is 13.5. The van der Waals surface area contributed by atoms with Gasteiger partial charge in [-0.1, -0.05) is 0 Å². The number of nitrogens with one attached hydrogen (secondary N) is 1. The maximum atomic E-state index is 13.5. The third kappa shape index (κ3) is 2.48. The minimum Gasteiger partial charge on any atom is -0.310 e. The Morgan fingerprint density at radius 2 is 2.05 bits per heavy atom. The number of hydrogen-bond donors (Lipinski definition) is 1. The Kier molecular flexibility index (Phi) is 2.84. The Morgan fingerprint density at radius 1 is 1.20 bits per heavy atom. The van der Waals surface area contributed by atoms with Gasteiger partial charge in [-0.15, -0.1) is 0 Å². The molecule has 0 atom stereocenters. The fourth-order valence-electron chi connectivity index (χ4n) is 2.53. The first-order valence-corrected chi connectivity index (χ1v) is 7.37. The Morgan fingerprint density at radius 3 is 2.80 bits per heavy atom. The second kappa shape index (κ2) is 4.70. The molecule has 2 fully saturated rings. The van der Waals surface area contributed by atoms with Gasteiger partial charge in [0.25, 0.3) is 0 Å². The lowest BCUT2D eigenvalue weighted by Crippen LogP contribution is -2.17. The molecule has 0 saturated heterocycles. The fraction of sp³-hybridized carbons (Fsp3) is 0.438. The molecule has 3 nitrogen and oxygen atoms in total. The van der Waals surface area contributed by atoms with Crippen LogP contribution in [-0.2, 0) is 6.54 Å². The van der Waals surface area contributed by atoms with E-state index in [2.05, 4.69) is 16.5 Å². The summed E-state index contributed by atoms with van der Waals surface area (Å²) in [6, 6.07) is 7.64. The summed E-state index contributed by atoms with van der Waals surface area (Å²) in [5.41, 5.74) is 3.12. The molecule has 1 aromatic carbocycles. The lowest BCUT2D eigenvalue weighted by Gasteiger charge is -2.10. The molecule has 2 aliphatic rings. The van der Waals surface area contributed by atoms with Crippen LogP contribution in [0.15, 0.2) is 30.5 Å². The summed E-state index contributed by atoms with van der Waals surface area (Å²) in [5, 5.41) is 8.09. The summed E-state index contributed by atoms with van der Waals surface area (Å²) >= 11 is 0. The van der Waals surface area contributed by atoms with E-state index in [9.17, 15) is 4.39 Å². The van der Waals surface area contributed by atoms with E-state index in [-0.39, 0.29) is 5.82 Å². The topological polar surface area (TPSA) is 29.9 Å². The summed E-state index contributed by atoms with van der Waals surface area (Å²) in [6.07, 6.45) is 6.95. The molecule has 104 valence electrons. The van der Waals surface area contributed by atoms with Gasteiger partial charge in [0.1, 0.15) is 5.82 Å². The van der Waals surface area contributed by atoms with E-state index < -0.39 is 0 Å². The van der Waals surface area contributed by atoms with Crippen LogP contribution in [0.25, 0.3) is 5.69 Å². The Hall–Kier alpha value is -1.68. The largest absolute Gasteiger partial charge is 0.310 e. The molecule has 4 rings (SSSR count). The summed E-state index contributed by atoms with van der Waals surface area (Å²) in [7, 11) is 0. The molecular weight excluding hydrogens is 253 g/mol. The molecule has 0 aliphatic heterocycles. The number of rotatable bonds is 5. The van der Waals surface area contributed by atoms with Gasteiger partial charge >= 0.3 is 0 Å². The molecule has 0 radical (unpaired) electrons. The fourth-order valence-corrected chi connectivity index (χ4v) is 2.53. The van der Waals surface area contributed by atoms with Crippen LogP contribution in [0.3, 0.4) is 0 Å². The number of aromatic nitrogens is 2. The van der Waals surface area contributed by atoms with Gasteiger partial charge in [0.15, 0.2) is 0 Å². The molecule has 0 spiro atoms. The van der Waals surface area contributed by atoms with Crippen molar-refractivity contribution in [1.29, 1.82) is 0 Å². The van der Waals surface area contributed by atoms with Gasteiger partial charge in [-0.05, 0) is 55.5 Å². The predicted octanol–water partition coefficient (Wildman–Crippen LogP) is 3.14. The van der Waals surface area contributed by atoms with Gasteiger partial charge in [-0.2, -0.15) is 5.10 Å². The molecule has 2 aromatic rings. The molecule has 1 heterocycles. The van der Waals surface area contributed by atoms with Crippen molar-refractivity contribution in [1.82, 2.24) is 15.1 Å². The van der Waals surface area contributed by atoms with Crippen LogP contribution < -0.4 is 5.32 Å². The van der Waals surface area contributed by atoms with E-state index >= 15 is 0 Å². The van der Waals surface area contributed by atoms with Crippen molar-refractivity contribution >= 4 is 0 Å². The summed E-state index contributed by atoms with van der Waals surface area (Å²) in [5.74, 6) is 0.459. The number of benzene rings is 1. The van der Waals surface area contributed by atoms with Gasteiger partial charge < -0.3 is 5.32 Å². The molecule has 20 heavy (non-hydrogen) atoms. The van der Waals surface area contributed by atoms with Crippen molar-refractivity contribution in [2.75, 3.05) is 0 Å². The van der Waals surface area contributed by atoms with Crippen molar-refractivity contribution < 1.29 is 4.39 Å². The smallest absolute Gasteiger partial charge is 0.123 e. The Bertz CT molecular complexity index is 626. The van der Waals surface area contributed by atoms with Crippen molar-refractivity contribution in [2.24, 2.45) is 0 Å². The highest BCUT2D eigenvalue weighted by Crippen LogP contribution is 2.39. The van der Waals surface area contributed by atoms with Gasteiger partial charge in [0, 0.05) is 24.7 Å². The van der Waals surface area contributed by atoms with E-state index in [1.165, 1.54) is 31.7 Å². The van der Waals surface area contributed by atoms with E-state index in [0.717, 1.165) is 16.9 Å². The normalized spacial score (nSPS) is 18.4. The molecule has 1 aromatic heterocycles. The number of hydrogen-bond acceptors (Lipinski definition) is 2. The monoisotopic (exact) mass is 271 g/mol. The zero-order valence-electron chi connectivity index (χ0n) is 11.3. The highest BCUT2D eigenvalue weighted by molar-refractivity contribution is 5.41. The Balaban J connectivity index is 1.63. The van der Waals surface area contributed by atoms with Crippen LogP contribution in [0, 0.1) is 5.82 Å². The maximum absolute atomic E-state index is 13.5. The van der Waals surface area contributed by atoms with E-state index in [1.807, 2.05) is 16.9 Å². The van der Waals surface area contributed by atoms with Crippen molar-refractivity contribution in [3.05, 3.63) is 47.5 Å². The minimum absolute atomic E-state index is 0.184. The Labute approximate surface area is 117 Å². The van der Waals surface area contributed by atoms with E-state index in [1.54, 1.807) is 6.07 Å². The van der Waals surface area contributed by atoms with Crippen LogP contribution in [0.4, 0.5) is 4.39 Å². The average Bonchev–Trinajstić information content (AvgIpc) is 3.37. The highest BCUT2D eigenvalue weighted by atomic mass is 19.1. The van der Waals surface area contributed by atoms with Crippen molar-refractivity contribution in [2.45, 2.75) is 44.2 Å². The summed E-state index contributed by atoms with van der Waals surface area (Å²) in [4.78, 5) is 0. The van der Waals surface area contributed by atoms with E-state index in [0.29, 0.717) is 18.5 Å². The SMILES string of the molecule is Fc1ccc(-n2ccc(C3CC3)n2)c(CNC2CC2)c1. The average molecular weight is 271 g/mol. The molecular formula is C16H18FN3. The van der Waals surface area contributed by atoms with Gasteiger partial charge in [0.2, 0.25) is 0 Å². The quantitative estimate of drug-likeness (QED) is 0.905. The van der Waals surface area contributed by atoms with Gasteiger partial charge in [-0.3, -0.25) is 0 Å². The molecule has 0 bridgehead atoms. The number of nitrogens with zero attached hydrogens (tertiary/aromatic N) is 2. The highest BCUT2D eigenvalue weighted by Gasteiger charge is 2.26. The molecule has 2 aliphatic carbocycles. The molecule has 0 amide bonds. The standard InChI is InChI=1S/C16H18FN3/c17-13-3-6-16(12(9-13)10-18-14-4-5-14)20-8-7-15(19-20)11-1-2-11/h3,6-9,11,14,18H,1-2,4-5,10H2. The van der Waals surface area contributed by atoms with Crippen molar-refractivity contribution in [3.8, 4) is 5.69 Å². The first kappa shape index (κ1) is 12.1. The van der Waals surface area contributed by atoms with Gasteiger partial charge in [-0.25, -0.2) is 9.07 Å². The van der Waals surface area contributed by atoms with Crippen LogP contribution in [-0.4, -0.2) is 15.8 Å². The third-order valence-electron chi connectivity index (χ3n) is 4.05. The van der Waals surface area contributed by atoms with Crippen LogP contribution in [0.5, 0.6) is 0 Å². The predicted molar refractivity (Wildman–Crippen MR) is 75.4 cm³/mol. The summed E-state index contributed by atoms with van der Waals surface area (Å²) < 4.78 is 15.4. The lowest BCUT2D eigenvalue weighted by molar-refractivity contribution is 0.617. The molecule has 4 heteroatoms. The van der Waals surface area contributed by atoms with Crippen LogP contribution >= 0.6 is 0 Å². The third-order valence-corrected chi connectivity index (χ3v) is 4.05. The zero-order valence-corrected chi connectivity index (χ0v) is 11.3. The van der Waals surface area contributed by atoms with Crippen LogP contribution in [0.2, 0.25) is 0 Å². The molecule has 0 unspecified atom stereocenters. The second-order valence-corrected chi connectivity index (χ2v) is 5.89. The van der Waals surface area contributed by atoms with Crippen LogP contribution in [0.1, 0.15) is 42.9 Å². The maximum Gasteiger partial charge on any atom is 0.123 e. The number of halogens is 1.